The maximum absolute atomic E-state index is 10.6. The molecule has 0 fully saturated rings. The summed E-state index contributed by atoms with van der Waals surface area (Å²) in [6, 6.07) is 17.9. The van der Waals surface area contributed by atoms with Gasteiger partial charge in [-0.05, 0) is 70.4 Å². The zero-order valence-corrected chi connectivity index (χ0v) is 21.8. The molecule has 0 spiro atoms. The van der Waals surface area contributed by atoms with E-state index in [9.17, 15) is 10.2 Å². The summed E-state index contributed by atoms with van der Waals surface area (Å²) >= 11 is 0. The lowest BCUT2D eigenvalue weighted by molar-refractivity contribution is 0.354. The summed E-state index contributed by atoms with van der Waals surface area (Å²) in [4.78, 5) is 9.08. The van der Waals surface area contributed by atoms with E-state index in [0.29, 0.717) is 47.2 Å². The summed E-state index contributed by atoms with van der Waals surface area (Å²) in [5.41, 5.74) is 2.97. The van der Waals surface area contributed by atoms with E-state index in [0.717, 1.165) is 21.9 Å². The minimum absolute atomic E-state index is 0.0902. The third-order valence-electron chi connectivity index (χ3n) is 6.12. The molecule has 0 radical (unpaired) electrons. The van der Waals surface area contributed by atoms with Crippen molar-refractivity contribution in [2.75, 3.05) is 28.4 Å². The summed E-state index contributed by atoms with van der Waals surface area (Å²) in [5.74, 6) is 2.72. The number of phenolic OH excluding ortho intramolecular Hbond substituents is 2. The second-order valence-corrected chi connectivity index (χ2v) is 8.41. The lowest BCUT2D eigenvalue weighted by atomic mass is 9.99. The number of rotatable bonds is 10. The molecule has 0 saturated heterocycles. The monoisotopic (exact) mass is 514 g/mol. The lowest BCUT2D eigenvalue weighted by Crippen LogP contribution is -1.94. The topological polar surface area (TPSA) is 102 Å². The van der Waals surface area contributed by atoms with Crippen LogP contribution in [0.5, 0.6) is 34.5 Å². The third kappa shape index (κ3) is 5.64. The molecule has 0 bridgehead atoms. The molecule has 0 unspecified atom stereocenters. The number of aliphatic imine (C=N–C) groups is 2. The molecule has 196 valence electrons. The van der Waals surface area contributed by atoms with Crippen molar-refractivity contribution in [2.45, 2.75) is 13.1 Å². The minimum atomic E-state index is 0.0902. The van der Waals surface area contributed by atoms with Crippen LogP contribution in [0.15, 0.2) is 70.6 Å². The van der Waals surface area contributed by atoms with Gasteiger partial charge in [0.25, 0.3) is 0 Å². The number of phenols is 2. The van der Waals surface area contributed by atoms with E-state index in [4.69, 9.17) is 18.9 Å². The van der Waals surface area contributed by atoms with Crippen LogP contribution >= 0.6 is 0 Å². The molecule has 4 rings (SSSR count). The summed E-state index contributed by atoms with van der Waals surface area (Å²) in [5, 5.41) is 22.7. The summed E-state index contributed by atoms with van der Waals surface area (Å²) in [6.45, 7) is 0.766. The summed E-state index contributed by atoms with van der Waals surface area (Å²) < 4.78 is 21.3. The highest BCUT2D eigenvalue weighted by Gasteiger charge is 2.11. The molecule has 0 atom stereocenters. The molecule has 8 heteroatoms. The maximum Gasteiger partial charge on any atom is 0.161 e. The van der Waals surface area contributed by atoms with Crippen molar-refractivity contribution < 1.29 is 29.2 Å². The predicted octanol–water partition coefficient (Wildman–Crippen LogP) is 5.52. The zero-order valence-electron chi connectivity index (χ0n) is 21.8. The van der Waals surface area contributed by atoms with Gasteiger partial charge in [0.1, 0.15) is 11.5 Å². The molecule has 38 heavy (non-hydrogen) atoms. The number of ether oxygens (including phenoxy) is 4. The molecule has 0 aromatic heterocycles. The van der Waals surface area contributed by atoms with Crippen LogP contribution in [0, 0.1) is 0 Å². The van der Waals surface area contributed by atoms with Crippen molar-refractivity contribution in [3.8, 4) is 34.5 Å². The zero-order chi connectivity index (χ0) is 27.1. The van der Waals surface area contributed by atoms with Crippen molar-refractivity contribution in [2.24, 2.45) is 9.98 Å². The number of fused-ring (bicyclic) bond motifs is 1. The second kappa shape index (κ2) is 12.0. The number of hydrogen-bond donors (Lipinski definition) is 2. The molecular formula is C30H30N2O6. The third-order valence-corrected chi connectivity index (χ3v) is 6.12. The number of nitrogens with zero attached hydrogens (tertiary/aromatic N) is 2. The normalized spacial score (nSPS) is 11.4. The van der Waals surface area contributed by atoms with Crippen molar-refractivity contribution >= 4 is 23.2 Å². The average Bonchev–Trinajstić information content (AvgIpc) is 2.94. The van der Waals surface area contributed by atoms with E-state index in [-0.39, 0.29) is 11.5 Å². The van der Waals surface area contributed by atoms with Crippen LogP contribution < -0.4 is 18.9 Å². The van der Waals surface area contributed by atoms with Gasteiger partial charge in [-0.3, -0.25) is 9.98 Å². The van der Waals surface area contributed by atoms with Crippen LogP contribution in [0.25, 0.3) is 10.8 Å². The van der Waals surface area contributed by atoms with Gasteiger partial charge < -0.3 is 29.2 Å². The Morgan fingerprint density at radius 2 is 0.947 bits per heavy atom. The van der Waals surface area contributed by atoms with Gasteiger partial charge in [-0.15, -0.1) is 0 Å². The largest absolute Gasteiger partial charge is 0.507 e. The standard InChI is InChI=1S/C30H30N2O6/c1-35-27-11-5-19(13-29(27)37-3)15-31-17-23-21-7-10-26(34)24(22(21)8-9-25(23)33)18-32-16-20-6-12-28(36-2)30(14-20)38-4/h5-14,17-18,33-34H,15-16H2,1-4H3. The molecule has 0 aliphatic heterocycles. The van der Waals surface area contributed by atoms with E-state index in [2.05, 4.69) is 9.98 Å². The molecule has 8 nitrogen and oxygen atoms in total. The van der Waals surface area contributed by atoms with E-state index >= 15 is 0 Å². The first kappa shape index (κ1) is 26.3. The fourth-order valence-electron chi connectivity index (χ4n) is 4.14. The minimum Gasteiger partial charge on any atom is -0.507 e. The van der Waals surface area contributed by atoms with Gasteiger partial charge in [-0.1, -0.05) is 12.1 Å². The first-order valence-electron chi connectivity index (χ1n) is 11.9. The van der Waals surface area contributed by atoms with Gasteiger partial charge in [0.15, 0.2) is 23.0 Å². The summed E-state index contributed by atoms with van der Waals surface area (Å²) in [6.07, 6.45) is 3.27. The fraction of sp³-hybridized carbons (Fsp3) is 0.200. The molecule has 4 aromatic rings. The van der Waals surface area contributed by atoms with Crippen molar-refractivity contribution in [1.29, 1.82) is 0 Å². The Kier molecular flexibility index (Phi) is 8.33. The number of aromatic hydroxyl groups is 2. The lowest BCUT2D eigenvalue weighted by Gasteiger charge is -2.10. The van der Waals surface area contributed by atoms with Gasteiger partial charge in [0.2, 0.25) is 0 Å². The Labute approximate surface area is 221 Å². The van der Waals surface area contributed by atoms with E-state index in [1.807, 2.05) is 36.4 Å². The van der Waals surface area contributed by atoms with Crippen molar-refractivity contribution in [3.05, 3.63) is 82.9 Å². The highest BCUT2D eigenvalue weighted by molar-refractivity contribution is 6.09. The quantitative estimate of drug-likeness (QED) is 0.270. The maximum atomic E-state index is 10.6. The highest BCUT2D eigenvalue weighted by Crippen LogP contribution is 2.33. The molecular weight excluding hydrogens is 484 g/mol. The first-order valence-corrected chi connectivity index (χ1v) is 11.9. The Hall–Kier alpha value is -4.72. The van der Waals surface area contributed by atoms with Gasteiger partial charge in [0, 0.05) is 23.6 Å². The number of hydrogen-bond acceptors (Lipinski definition) is 8. The van der Waals surface area contributed by atoms with Crippen LogP contribution in [-0.4, -0.2) is 51.1 Å². The van der Waals surface area contributed by atoms with Crippen LogP contribution in [0.1, 0.15) is 22.3 Å². The fourth-order valence-corrected chi connectivity index (χ4v) is 4.14. The SMILES string of the molecule is COc1ccc(CN=Cc2c(O)ccc3c(C=NCc4ccc(OC)c(OC)c4)c(O)ccc23)cc1OC. The van der Waals surface area contributed by atoms with Crippen LogP contribution in [0.3, 0.4) is 0 Å². The van der Waals surface area contributed by atoms with E-state index < -0.39 is 0 Å². The van der Waals surface area contributed by atoms with Gasteiger partial charge in [0.05, 0.1) is 41.5 Å². The summed E-state index contributed by atoms with van der Waals surface area (Å²) in [7, 11) is 6.35. The molecule has 4 aromatic carbocycles. The molecule has 0 saturated carbocycles. The molecule has 0 heterocycles. The van der Waals surface area contributed by atoms with Crippen molar-refractivity contribution in [1.82, 2.24) is 0 Å². The number of benzene rings is 4. The van der Waals surface area contributed by atoms with Crippen molar-refractivity contribution in [3.63, 3.8) is 0 Å². The molecule has 0 amide bonds. The smallest absolute Gasteiger partial charge is 0.161 e. The molecule has 2 N–H and O–H groups in total. The first-order chi connectivity index (χ1) is 18.5. The Bertz CT molecular complexity index is 1380. The number of methoxy groups -OCH3 is 4. The van der Waals surface area contributed by atoms with Crippen LogP contribution in [-0.2, 0) is 13.1 Å². The highest BCUT2D eigenvalue weighted by atomic mass is 16.5. The second-order valence-electron chi connectivity index (χ2n) is 8.41. The Morgan fingerprint density at radius 3 is 1.32 bits per heavy atom. The van der Waals surface area contributed by atoms with Crippen LogP contribution in [0.2, 0.25) is 0 Å². The molecule has 0 aliphatic carbocycles. The van der Waals surface area contributed by atoms with Gasteiger partial charge in [-0.25, -0.2) is 0 Å². The average molecular weight is 515 g/mol. The van der Waals surface area contributed by atoms with Gasteiger partial charge in [-0.2, -0.15) is 0 Å². The van der Waals surface area contributed by atoms with Gasteiger partial charge >= 0.3 is 0 Å². The molecule has 0 aliphatic rings. The van der Waals surface area contributed by atoms with E-state index in [1.165, 1.54) is 0 Å². The van der Waals surface area contributed by atoms with E-state index in [1.54, 1.807) is 65.1 Å². The Morgan fingerprint density at radius 1 is 0.553 bits per heavy atom. The van der Waals surface area contributed by atoms with Crippen LogP contribution in [0.4, 0.5) is 0 Å². The predicted molar refractivity (Wildman–Crippen MR) is 149 cm³/mol. The Balaban J connectivity index is 1.60.